The van der Waals surface area contributed by atoms with E-state index in [1.54, 1.807) is 4.68 Å². The molecule has 9 nitrogen and oxygen atoms in total. The van der Waals surface area contributed by atoms with E-state index in [2.05, 4.69) is 30.2 Å². The molecule has 1 aliphatic heterocycles. The molecule has 148 valence electrons. The maximum Gasteiger partial charge on any atom is 0.242 e. The van der Waals surface area contributed by atoms with E-state index in [1.165, 1.54) is 0 Å². The Morgan fingerprint density at radius 3 is 2.82 bits per heavy atom. The molecule has 3 N–H and O–H groups in total. The van der Waals surface area contributed by atoms with E-state index in [9.17, 15) is 4.79 Å². The van der Waals surface area contributed by atoms with Crippen LogP contribution in [-0.4, -0.2) is 35.4 Å². The number of carbonyl (C=O) groups is 1. The zero-order chi connectivity index (χ0) is 18.8. The molecular weight excluding hydrogens is 380 g/mol. The monoisotopic (exact) mass is 402 g/mol. The summed E-state index contributed by atoms with van der Waals surface area (Å²) in [5.74, 6) is 2.74. The van der Waals surface area contributed by atoms with Crippen LogP contribution in [0.25, 0.3) is 11.4 Å². The second-order valence-corrected chi connectivity index (χ2v) is 6.67. The highest BCUT2D eigenvalue weighted by Crippen LogP contribution is 2.18. The Morgan fingerprint density at radius 2 is 2.07 bits per heavy atom. The van der Waals surface area contributed by atoms with Gasteiger partial charge >= 0.3 is 0 Å². The lowest BCUT2D eigenvalue weighted by Gasteiger charge is -2.09. The Morgan fingerprint density at radius 1 is 1.29 bits per heavy atom. The molecule has 1 amide bonds. The molecule has 0 saturated heterocycles. The summed E-state index contributed by atoms with van der Waals surface area (Å²) < 4.78 is 3.63. The van der Waals surface area contributed by atoms with E-state index in [1.807, 2.05) is 37.3 Å². The Labute approximate surface area is 168 Å². The highest BCUT2D eigenvalue weighted by Gasteiger charge is 2.19. The number of aryl methyl sites for hydroxylation is 1. The molecule has 2 aromatic heterocycles. The van der Waals surface area contributed by atoms with Crippen molar-refractivity contribution >= 4 is 18.3 Å². The number of benzene rings is 1. The third-order valence-electron chi connectivity index (χ3n) is 4.56. The van der Waals surface area contributed by atoms with Crippen molar-refractivity contribution in [2.24, 2.45) is 5.73 Å². The molecule has 3 heterocycles. The van der Waals surface area contributed by atoms with Crippen LogP contribution in [0, 0.1) is 0 Å². The van der Waals surface area contributed by atoms with Gasteiger partial charge in [-0.15, -0.1) is 22.6 Å². The van der Waals surface area contributed by atoms with E-state index in [0.717, 1.165) is 36.6 Å². The number of hydrogen-bond donors (Lipinski definition) is 2. The summed E-state index contributed by atoms with van der Waals surface area (Å²) in [6.45, 7) is 3.13. The molecular formula is C18H23ClN8O. The molecule has 4 rings (SSSR count). The first-order valence-corrected chi connectivity index (χ1v) is 9.05. The van der Waals surface area contributed by atoms with Crippen molar-refractivity contribution in [3.63, 3.8) is 0 Å². The molecule has 0 radical (unpaired) electrons. The molecule has 0 aliphatic carbocycles. The number of nitrogens with one attached hydrogen (secondary N) is 1. The molecule has 1 aromatic carbocycles. The zero-order valence-corrected chi connectivity index (χ0v) is 16.4. The van der Waals surface area contributed by atoms with Gasteiger partial charge in [0.05, 0.1) is 12.6 Å². The maximum atomic E-state index is 12.4. The average molecular weight is 403 g/mol. The Hall–Kier alpha value is -2.78. The van der Waals surface area contributed by atoms with Gasteiger partial charge in [0.1, 0.15) is 18.2 Å². The number of amides is 1. The fraction of sp³-hybridized carbons (Fsp3) is 0.389. The normalized spacial score (nSPS) is 13.6. The van der Waals surface area contributed by atoms with Crippen LogP contribution in [0.15, 0.2) is 30.3 Å². The summed E-state index contributed by atoms with van der Waals surface area (Å²) in [6, 6.07) is 9.30. The van der Waals surface area contributed by atoms with Crippen molar-refractivity contribution < 1.29 is 4.79 Å². The van der Waals surface area contributed by atoms with Crippen LogP contribution in [0.4, 0.5) is 0 Å². The van der Waals surface area contributed by atoms with Gasteiger partial charge in [0, 0.05) is 18.5 Å². The maximum absolute atomic E-state index is 12.4. The lowest BCUT2D eigenvalue weighted by atomic mass is 10.2. The standard InChI is InChI=1S/C18H22N8O.ClH/c1-12(19)18-21-17(13-6-3-2-4-7-13)24-26(18)11-16(27)20-10-15-23-22-14-8-5-9-25(14)15;/h2-4,6-7,12H,5,8-11,19H2,1H3,(H,20,27);1H/t12-;/m0./s1. The van der Waals surface area contributed by atoms with Gasteiger partial charge in [-0.2, -0.15) is 5.10 Å². The van der Waals surface area contributed by atoms with E-state index in [-0.39, 0.29) is 30.9 Å². The van der Waals surface area contributed by atoms with Gasteiger partial charge in [-0.3, -0.25) is 4.79 Å². The molecule has 10 heteroatoms. The van der Waals surface area contributed by atoms with Crippen LogP contribution < -0.4 is 11.1 Å². The molecule has 1 atom stereocenters. The summed E-state index contributed by atoms with van der Waals surface area (Å²) in [5, 5.41) is 15.7. The minimum absolute atomic E-state index is 0. The van der Waals surface area contributed by atoms with E-state index < -0.39 is 0 Å². The first-order chi connectivity index (χ1) is 13.1. The third-order valence-corrected chi connectivity index (χ3v) is 4.56. The van der Waals surface area contributed by atoms with E-state index in [0.29, 0.717) is 18.2 Å². The second kappa shape index (κ2) is 8.49. The highest BCUT2D eigenvalue weighted by molar-refractivity contribution is 5.85. The first kappa shape index (κ1) is 20.0. The highest BCUT2D eigenvalue weighted by atomic mass is 35.5. The largest absolute Gasteiger partial charge is 0.347 e. The van der Waals surface area contributed by atoms with Gasteiger partial charge in [-0.1, -0.05) is 30.3 Å². The van der Waals surface area contributed by atoms with Crippen LogP contribution in [-0.2, 0) is 30.8 Å². The average Bonchev–Trinajstić information content (AvgIpc) is 3.37. The number of halogens is 1. The van der Waals surface area contributed by atoms with Crippen molar-refractivity contribution in [1.29, 1.82) is 0 Å². The fourth-order valence-electron chi connectivity index (χ4n) is 3.23. The van der Waals surface area contributed by atoms with Gasteiger partial charge in [-0.25, -0.2) is 9.67 Å². The minimum Gasteiger partial charge on any atom is -0.347 e. The summed E-state index contributed by atoms with van der Waals surface area (Å²) in [5.41, 5.74) is 6.90. The molecule has 0 bridgehead atoms. The number of hydrogen-bond acceptors (Lipinski definition) is 6. The molecule has 0 unspecified atom stereocenters. The molecule has 0 fully saturated rings. The number of fused-ring (bicyclic) bond motifs is 1. The van der Waals surface area contributed by atoms with Gasteiger partial charge in [0.25, 0.3) is 0 Å². The predicted octanol–water partition coefficient (Wildman–Crippen LogP) is 1.24. The Balaban J connectivity index is 0.00000225. The molecule has 3 aromatic rings. The van der Waals surface area contributed by atoms with Gasteiger partial charge in [0.2, 0.25) is 5.91 Å². The number of carbonyl (C=O) groups excluding carboxylic acids is 1. The number of nitrogens with two attached hydrogens (primary N) is 1. The fourth-order valence-corrected chi connectivity index (χ4v) is 3.23. The van der Waals surface area contributed by atoms with Crippen molar-refractivity contribution in [3.05, 3.63) is 47.8 Å². The Bertz CT molecular complexity index is 950. The number of aromatic nitrogens is 6. The summed E-state index contributed by atoms with van der Waals surface area (Å²) in [4.78, 5) is 16.9. The molecule has 28 heavy (non-hydrogen) atoms. The summed E-state index contributed by atoms with van der Waals surface area (Å²) in [7, 11) is 0. The van der Waals surface area contributed by atoms with Crippen LogP contribution in [0.2, 0.25) is 0 Å². The van der Waals surface area contributed by atoms with Crippen LogP contribution in [0.3, 0.4) is 0 Å². The van der Waals surface area contributed by atoms with Gasteiger partial charge in [-0.05, 0) is 13.3 Å². The Kier molecular flexibility index (Phi) is 6.05. The molecule has 1 aliphatic rings. The first-order valence-electron chi connectivity index (χ1n) is 9.05. The summed E-state index contributed by atoms with van der Waals surface area (Å²) >= 11 is 0. The van der Waals surface area contributed by atoms with Crippen LogP contribution >= 0.6 is 12.4 Å². The smallest absolute Gasteiger partial charge is 0.242 e. The van der Waals surface area contributed by atoms with Gasteiger partial charge < -0.3 is 15.6 Å². The quantitative estimate of drug-likeness (QED) is 0.640. The van der Waals surface area contributed by atoms with E-state index in [4.69, 9.17) is 5.73 Å². The third kappa shape index (κ3) is 4.05. The van der Waals surface area contributed by atoms with Crippen LogP contribution in [0.1, 0.15) is 36.9 Å². The van der Waals surface area contributed by atoms with Crippen molar-refractivity contribution in [2.75, 3.05) is 0 Å². The topological polar surface area (TPSA) is 117 Å². The van der Waals surface area contributed by atoms with Crippen LogP contribution in [0.5, 0.6) is 0 Å². The lowest BCUT2D eigenvalue weighted by molar-refractivity contribution is -0.122. The van der Waals surface area contributed by atoms with Crippen molar-refractivity contribution in [1.82, 2.24) is 34.8 Å². The molecule has 0 spiro atoms. The summed E-state index contributed by atoms with van der Waals surface area (Å²) in [6.07, 6.45) is 2.02. The van der Waals surface area contributed by atoms with Gasteiger partial charge in [0.15, 0.2) is 11.6 Å². The second-order valence-electron chi connectivity index (χ2n) is 6.67. The van der Waals surface area contributed by atoms with Crippen molar-refractivity contribution in [2.45, 2.75) is 45.4 Å². The molecule has 0 saturated carbocycles. The zero-order valence-electron chi connectivity index (χ0n) is 15.6. The van der Waals surface area contributed by atoms with E-state index >= 15 is 0 Å². The predicted molar refractivity (Wildman–Crippen MR) is 105 cm³/mol. The SMILES string of the molecule is C[C@H](N)c1nc(-c2ccccc2)nn1CC(=O)NCc1nnc2n1CCC2.Cl. The minimum atomic E-state index is -0.331. The number of rotatable bonds is 6. The lowest BCUT2D eigenvalue weighted by Crippen LogP contribution is -2.30. The van der Waals surface area contributed by atoms with Crippen molar-refractivity contribution in [3.8, 4) is 11.4 Å². The number of nitrogens with zero attached hydrogens (tertiary/aromatic N) is 6.